The first kappa shape index (κ1) is 11.8. The van der Waals surface area contributed by atoms with Crippen LogP contribution in [0.4, 0.5) is 5.69 Å². The predicted octanol–water partition coefficient (Wildman–Crippen LogP) is 1.63. The molecule has 1 unspecified atom stereocenters. The van der Waals surface area contributed by atoms with Crippen LogP contribution in [-0.4, -0.2) is 24.7 Å². The third-order valence-corrected chi connectivity index (χ3v) is 2.17. The predicted molar refractivity (Wildman–Crippen MR) is 62.2 cm³/mol. The van der Waals surface area contributed by atoms with Crippen molar-refractivity contribution in [2.24, 2.45) is 5.73 Å². The van der Waals surface area contributed by atoms with Crippen LogP contribution in [0.5, 0.6) is 5.88 Å². The van der Waals surface area contributed by atoms with Crippen molar-refractivity contribution in [3.63, 3.8) is 0 Å². The third kappa shape index (κ3) is 4.16. The lowest BCUT2D eigenvalue weighted by molar-refractivity contribution is 0.398. The molecular formula is C11H19N3O. The standard InChI is InChI=1S/C11H19N3O/c1-3-4-9(12)8-14-10-5-6-13-11(7-10)15-2/h5-7,9H,3-4,8,12H2,1-2H3,(H,13,14). The Morgan fingerprint density at radius 3 is 3.07 bits per heavy atom. The number of nitrogens with zero attached hydrogens (tertiary/aromatic N) is 1. The molecule has 15 heavy (non-hydrogen) atoms. The molecule has 1 rings (SSSR count). The highest BCUT2D eigenvalue weighted by Gasteiger charge is 2.01. The van der Waals surface area contributed by atoms with Crippen molar-refractivity contribution < 1.29 is 4.74 Å². The van der Waals surface area contributed by atoms with Crippen LogP contribution in [0.15, 0.2) is 18.3 Å². The summed E-state index contributed by atoms with van der Waals surface area (Å²) >= 11 is 0. The molecule has 4 heteroatoms. The summed E-state index contributed by atoms with van der Waals surface area (Å²) in [5.74, 6) is 0.615. The molecule has 1 aromatic rings. The SMILES string of the molecule is CCCC(N)CNc1ccnc(OC)c1. The van der Waals surface area contributed by atoms with Gasteiger partial charge in [-0.3, -0.25) is 0 Å². The van der Waals surface area contributed by atoms with Gasteiger partial charge in [0.05, 0.1) is 7.11 Å². The van der Waals surface area contributed by atoms with Gasteiger partial charge in [0, 0.05) is 30.5 Å². The number of nitrogens with two attached hydrogens (primary N) is 1. The fraction of sp³-hybridized carbons (Fsp3) is 0.545. The van der Waals surface area contributed by atoms with Crippen LogP contribution < -0.4 is 15.8 Å². The molecule has 1 atom stereocenters. The van der Waals surface area contributed by atoms with Gasteiger partial charge in [0.1, 0.15) is 0 Å². The van der Waals surface area contributed by atoms with Crippen LogP contribution in [0.3, 0.4) is 0 Å². The fourth-order valence-electron chi connectivity index (χ4n) is 1.35. The van der Waals surface area contributed by atoms with E-state index in [0.29, 0.717) is 5.88 Å². The Bertz CT molecular complexity index is 291. The van der Waals surface area contributed by atoms with Gasteiger partial charge in [-0.2, -0.15) is 0 Å². The minimum atomic E-state index is 0.203. The molecule has 3 N–H and O–H groups in total. The first-order chi connectivity index (χ1) is 7.26. The van der Waals surface area contributed by atoms with Gasteiger partial charge in [0.2, 0.25) is 5.88 Å². The maximum absolute atomic E-state index is 5.89. The highest BCUT2D eigenvalue weighted by Crippen LogP contribution is 2.13. The van der Waals surface area contributed by atoms with Crippen molar-refractivity contribution >= 4 is 5.69 Å². The Hall–Kier alpha value is -1.29. The Labute approximate surface area is 90.8 Å². The first-order valence-electron chi connectivity index (χ1n) is 5.25. The Morgan fingerprint density at radius 1 is 1.60 bits per heavy atom. The molecule has 0 spiro atoms. The number of pyridine rings is 1. The van der Waals surface area contributed by atoms with E-state index in [1.165, 1.54) is 0 Å². The molecule has 0 saturated heterocycles. The smallest absolute Gasteiger partial charge is 0.214 e. The number of rotatable bonds is 6. The molecule has 0 radical (unpaired) electrons. The van der Waals surface area contributed by atoms with Gasteiger partial charge in [0.25, 0.3) is 0 Å². The molecule has 0 aliphatic heterocycles. The molecule has 4 nitrogen and oxygen atoms in total. The molecule has 0 aliphatic rings. The first-order valence-corrected chi connectivity index (χ1v) is 5.25. The number of hydrogen-bond donors (Lipinski definition) is 2. The summed E-state index contributed by atoms with van der Waals surface area (Å²) < 4.78 is 5.03. The van der Waals surface area contributed by atoms with E-state index < -0.39 is 0 Å². The van der Waals surface area contributed by atoms with E-state index in [4.69, 9.17) is 10.5 Å². The van der Waals surface area contributed by atoms with Gasteiger partial charge in [0.15, 0.2) is 0 Å². The Balaban J connectivity index is 2.43. The molecule has 0 bridgehead atoms. The fourth-order valence-corrected chi connectivity index (χ4v) is 1.35. The normalized spacial score (nSPS) is 12.2. The van der Waals surface area contributed by atoms with Crippen molar-refractivity contribution in [3.8, 4) is 5.88 Å². The molecular weight excluding hydrogens is 190 g/mol. The van der Waals surface area contributed by atoms with Gasteiger partial charge >= 0.3 is 0 Å². The van der Waals surface area contributed by atoms with E-state index >= 15 is 0 Å². The molecule has 1 heterocycles. The molecule has 0 fully saturated rings. The second-order valence-electron chi connectivity index (χ2n) is 3.52. The van der Waals surface area contributed by atoms with Gasteiger partial charge in [-0.15, -0.1) is 0 Å². The van der Waals surface area contributed by atoms with Crippen molar-refractivity contribution in [1.29, 1.82) is 0 Å². The molecule has 0 aliphatic carbocycles. The summed E-state index contributed by atoms with van der Waals surface area (Å²) in [7, 11) is 1.61. The number of hydrogen-bond acceptors (Lipinski definition) is 4. The summed E-state index contributed by atoms with van der Waals surface area (Å²) in [4.78, 5) is 4.03. The Kier molecular flexibility index (Phi) is 4.90. The number of ether oxygens (including phenoxy) is 1. The van der Waals surface area contributed by atoms with Crippen LogP contribution >= 0.6 is 0 Å². The van der Waals surface area contributed by atoms with E-state index in [0.717, 1.165) is 25.1 Å². The highest BCUT2D eigenvalue weighted by atomic mass is 16.5. The quantitative estimate of drug-likeness (QED) is 0.747. The summed E-state index contributed by atoms with van der Waals surface area (Å²) in [6.45, 7) is 2.91. The van der Waals surface area contributed by atoms with Crippen molar-refractivity contribution in [2.45, 2.75) is 25.8 Å². The zero-order valence-electron chi connectivity index (χ0n) is 9.36. The van der Waals surface area contributed by atoms with Crippen LogP contribution in [0.25, 0.3) is 0 Å². The highest BCUT2D eigenvalue weighted by molar-refractivity contribution is 5.45. The summed E-state index contributed by atoms with van der Waals surface area (Å²) in [6.07, 6.45) is 3.87. The number of nitrogens with one attached hydrogen (secondary N) is 1. The molecule has 0 aromatic carbocycles. The van der Waals surface area contributed by atoms with Crippen molar-refractivity contribution in [2.75, 3.05) is 19.0 Å². The van der Waals surface area contributed by atoms with E-state index in [1.807, 2.05) is 12.1 Å². The van der Waals surface area contributed by atoms with E-state index in [-0.39, 0.29) is 6.04 Å². The van der Waals surface area contributed by atoms with E-state index in [9.17, 15) is 0 Å². The Morgan fingerprint density at radius 2 is 2.40 bits per heavy atom. The van der Waals surface area contributed by atoms with Gasteiger partial charge < -0.3 is 15.8 Å². The molecule has 1 aromatic heterocycles. The maximum Gasteiger partial charge on any atom is 0.214 e. The average Bonchev–Trinajstić information content (AvgIpc) is 2.27. The zero-order chi connectivity index (χ0) is 11.1. The molecule has 0 saturated carbocycles. The maximum atomic E-state index is 5.89. The summed E-state index contributed by atoms with van der Waals surface area (Å²) in [6, 6.07) is 3.97. The minimum absolute atomic E-state index is 0.203. The van der Waals surface area contributed by atoms with Gasteiger partial charge in [-0.05, 0) is 12.5 Å². The van der Waals surface area contributed by atoms with Crippen molar-refractivity contribution in [3.05, 3.63) is 18.3 Å². The lowest BCUT2D eigenvalue weighted by Crippen LogP contribution is -2.28. The lowest BCUT2D eigenvalue weighted by Gasteiger charge is -2.12. The van der Waals surface area contributed by atoms with Crippen LogP contribution in [0, 0.1) is 0 Å². The largest absolute Gasteiger partial charge is 0.481 e. The topological polar surface area (TPSA) is 60.2 Å². The third-order valence-electron chi connectivity index (χ3n) is 2.17. The molecule has 84 valence electrons. The van der Waals surface area contributed by atoms with E-state index in [1.54, 1.807) is 13.3 Å². The number of aromatic nitrogens is 1. The summed E-state index contributed by atoms with van der Waals surface area (Å²) in [5, 5.41) is 3.26. The molecule has 0 amide bonds. The zero-order valence-corrected chi connectivity index (χ0v) is 9.36. The van der Waals surface area contributed by atoms with Gasteiger partial charge in [-0.25, -0.2) is 4.98 Å². The monoisotopic (exact) mass is 209 g/mol. The number of anilines is 1. The van der Waals surface area contributed by atoms with Crippen molar-refractivity contribution in [1.82, 2.24) is 4.98 Å². The lowest BCUT2D eigenvalue weighted by atomic mass is 10.2. The minimum Gasteiger partial charge on any atom is -0.481 e. The second kappa shape index (κ2) is 6.24. The average molecular weight is 209 g/mol. The van der Waals surface area contributed by atoms with Crippen LogP contribution in [-0.2, 0) is 0 Å². The summed E-state index contributed by atoms with van der Waals surface area (Å²) in [5.41, 5.74) is 6.89. The van der Waals surface area contributed by atoms with Crippen LogP contribution in [0.1, 0.15) is 19.8 Å². The van der Waals surface area contributed by atoms with E-state index in [2.05, 4.69) is 17.2 Å². The second-order valence-corrected chi connectivity index (χ2v) is 3.52. The van der Waals surface area contributed by atoms with Gasteiger partial charge in [-0.1, -0.05) is 13.3 Å². The van der Waals surface area contributed by atoms with Crippen LogP contribution in [0.2, 0.25) is 0 Å². The number of methoxy groups -OCH3 is 1.